The Morgan fingerprint density at radius 2 is 1.97 bits per heavy atom. The first-order valence-corrected chi connectivity index (χ1v) is 11.9. The average Bonchev–Trinajstić information content (AvgIpc) is 3.09. The highest BCUT2D eigenvalue weighted by molar-refractivity contribution is 7.89. The van der Waals surface area contributed by atoms with Gasteiger partial charge in [0.1, 0.15) is 11.4 Å². The van der Waals surface area contributed by atoms with Crippen LogP contribution in [0.2, 0.25) is 0 Å². The summed E-state index contributed by atoms with van der Waals surface area (Å²) < 4.78 is 24.8. The van der Waals surface area contributed by atoms with Gasteiger partial charge in [0.25, 0.3) is 5.91 Å². The summed E-state index contributed by atoms with van der Waals surface area (Å²) in [7, 11) is -3.71. The fraction of sp³-hybridized carbons (Fsp3) is 0.190. The molecule has 1 amide bonds. The second-order valence-corrected chi connectivity index (χ2v) is 9.76. The molecule has 0 bridgehead atoms. The quantitative estimate of drug-likeness (QED) is 0.560. The van der Waals surface area contributed by atoms with Crippen LogP contribution >= 0.6 is 11.3 Å². The van der Waals surface area contributed by atoms with Gasteiger partial charge in [-0.25, -0.2) is 18.1 Å². The first-order valence-electron chi connectivity index (χ1n) is 9.21. The Labute approximate surface area is 184 Å². The smallest absolute Gasteiger partial charge is 0.284 e. The molecule has 2 N–H and O–H groups in total. The van der Waals surface area contributed by atoms with E-state index in [0.717, 1.165) is 17.5 Å². The van der Waals surface area contributed by atoms with Gasteiger partial charge < -0.3 is 10.0 Å². The minimum absolute atomic E-state index is 0.0430. The van der Waals surface area contributed by atoms with Gasteiger partial charge in [-0.15, -0.1) is 11.3 Å². The summed E-state index contributed by atoms with van der Waals surface area (Å²) >= 11 is 1.26. The number of carbonyl (C=O) groups is 1. The number of thiazole rings is 1. The number of aryl methyl sites for hydroxylation is 1. The summed E-state index contributed by atoms with van der Waals surface area (Å²) in [5, 5.41) is 19.3. The van der Waals surface area contributed by atoms with Gasteiger partial charge >= 0.3 is 0 Å². The SMILES string of the molecule is Cc1sc(N(CCc2cccc(O)c2)c2ccc(C#N)cc2)nc1C(=O)NS(C)(=O)=O. The van der Waals surface area contributed by atoms with E-state index in [1.54, 1.807) is 49.4 Å². The lowest BCUT2D eigenvalue weighted by molar-refractivity contribution is 0.0977. The van der Waals surface area contributed by atoms with Crippen LogP contribution in [0.5, 0.6) is 5.75 Å². The summed E-state index contributed by atoms with van der Waals surface area (Å²) in [4.78, 5) is 19.2. The number of sulfonamides is 1. The van der Waals surface area contributed by atoms with E-state index in [1.807, 2.05) is 15.7 Å². The molecule has 8 nitrogen and oxygen atoms in total. The van der Waals surface area contributed by atoms with E-state index in [4.69, 9.17) is 5.26 Å². The predicted octanol–water partition coefficient (Wildman–Crippen LogP) is 3.10. The highest BCUT2D eigenvalue weighted by Crippen LogP contribution is 2.32. The van der Waals surface area contributed by atoms with E-state index in [0.29, 0.717) is 28.5 Å². The van der Waals surface area contributed by atoms with Crippen LogP contribution in [0.25, 0.3) is 0 Å². The molecule has 1 aromatic heterocycles. The van der Waals surface area contributed by atoms with Gasteiger partial charge in [0, 0.05) is 17.1 Å². The van der Waals surface area contributed by atoms with Crippen molar-refractivity contribution in [2.24, 2.45) is 0 Å². The number of aromatic nitrogens is 1. The fourth-order valence-electron chi connectivity index (χ4n) is 2.93. The molecular formula is C21H20N4O4S2. The maximum absolute atomic E-state index is 12.3. The van der Waals surface area contributed by atoms with Crippen molar-refractivity contribution in [2.75, 3.05) is 17.7 Å². The maximum atomic E-state index is 12.3. The number of nitrogens with one attached hydrogen (secondary N) is 1. The van der Waals surface area contributed by atoms with Crippen molar-refractivity contribution in [3.63, 3.8) is 0 Å². The first kappa shape index (κ1) is 22.3. The van der Waals surface area contributed by atoms with Gasteiger partial charge in [0.2, 0.25) is 10.0 Å². The second kappa shape index (κ2) is 9.16. The standard InChI is InChI=1S/C21H20N4O4S2/c1-14-19(20(27)24-31(2,28)29)23-21(30-14)25(17-8-6-16(13-22)7-9-17)11-10-15-4-3-5-18(26)12-15/h3-9,12,26H,10-11H2,1-2H3,(H,24,27). The third-order valence-electron chi connectivity index (χ3n) is 4.35. The number of nitrogens with zero attached hydrogens (tertiary/aromatic N) is 3. The fourth-order valence-corrected chi connectivity index (χ4v) is 4.32. The zero-order valence-corrected chi connectivity index (χ0v) is 18.5. The lowest BCUT2D eigenvalue weighted by Crippen LogP contribution is -2.30. The molecule has 0 aliphatic carbocycles. The molecular weight excluding hydrogens is 436 g/mol. The molecule has 10 heteroatoms. The number of carbonyl (C=O) groups excluding carboxylic acids is 1. The topological polar surface area (TPSA) is 123 Å². The van der Waals surface area contributed by atoms with E-state index in [2.05, 4.69) is 11.1 Å². The zero-order chi connectivity index (χ0) is 22.6. The van der Waals surface area contributed by atoms with Gasteiger partial charge in [-0.1, -0.05) is 12.1 Å². The lowest BCUT2D eigenvalue weighted by Gasteiger charge is -2.22. The van der Waals surface area contributed by atoms with Crippen LogP contribution in [0.4, 0.5) is 10.8 Å². The number of amides is 1. The summed E-state index contributed by atoms with van der Waals surface area (Å²) in [6.07, 6.45) is 1.49. The number of phenols is 1. The highest BCUT2D eigenvalue weighted by atomic mass is 32.2. The highest BCUT2D eigenvalue weighted by Gasteiger charge is 2.22. The number of nitriles is 1. The molecule has 0 radical (unpaired) electrons. The Hall–Kier alpha value is -3.42. The minimum atomic E-state index is -3.71. The first-order chi connectivity index (χ1) is 14.7. The van der Waals surface area contributed by atoms with E-state index in [1.165, 1.54) is 11.3 Å². The normalized spacial score (nSPS) is 11.0. The number of phenolic OH excluding ortho intramolecular Hbond substituents is 1. The third-order valence-corrected chi connectivity index (χ3v) is 5.90. The second-order valence-electron chi connectivity index (χ2n) is 6.83. The Morgan fingerprint density at radius 1 is 1.26 bits per heavy atom. The molecule has 0 aliphatic rings. The Bertz CT molecular complexity index is 1250. The summed E-state index contributed by atoms with van der Waals surface area (Å²) in [6.45, 7) is 2.18. The van der Waals surface area contributed by atoms with E-state index in [-0.39, 0.29) is 11.4 Å². The molecule has 1 heterocycles. The Balaban J connectivity index is 1.94. The Kier molecular flexibility index (Phi) is 6.58. The number of aromatic hydroxyl groups is 1. The van der Waals surface area contributed by atoms with Crippen molar-refractivity contribution >= 4 is 38.1 Å². The van der Waals surface area contributed by atoms with Crippen molar-refractivity contribution in [1.29, 1.82) is 5.26 Å². The van der Waals surface area contributed by atoms with Crippen molar-refractivity contribution in [3.05, 3.63) is 70.2 Å². The number of anilines is 2. The van der Waals surface area contributed by atoms with Crippen LogP contribution in [0, 0.1) is 18.3 Å². The molecule has 0 atom stereocenters. The molecule has 2 aromatic carbocycles. The number of hydrogen-bond acceptors (Lipinski definition) is 8. The van der Waals surface area contributed by atoms with Gasteiger partial charge in [-0.05, 0) is 55.3 Å². The van der Waals surface area contributed by atoms with Crippen LogP contribution in [0.15, 0.2) is 48.5 Å². The molecule has 160 valence electrons. The van der Waals surface area contributed by atoms with E-state index in [9.17, 15) is 18.3 Å². The number of hydrogen-bond donors (Lipinski definition) is 2. The monoisotopic (exact) mass is 456 g/mol. The van der Waals surface area contributed by atoms with Crippen LogP contribution < -0.4 is 9.62 Å². The molecule has 3 aromatic rings. The van der Waals surface area contributed by atoms with E-state index < -0.39 is 15.9 Å². The van der Waals surface area contributed by atoms with Crippen LogP contribution in [0.1, 0.15) is 26.5 Å². The van der Waals surface area contributed by atoms with Crippen molar-refractivity contribution < 1.29 is 18.3 Å². The lowest BCUT2D eigenvalue weighted by atomic mass is 10.1. The van der Waals surface area contributed by atoms with Crippen LogP contribution in [-0.2, 0) is 16.4 Å². The average molecular weight is 457 g/mol. The van der Waals surface area contributed by atoms with Gasteiger partial charge in [0.15, 0.2) is 5.13 Å². The summed E-state index contributed by atoms with van der Waals surface area (Å²) in [5.41, 5.74) is 2.24. The Morgan fingerprint density at radius 3 is 2.58 bits per heavy atom. The van der Waals surface area contributed by atoms with Crippen LogP contribution in [0.3, 0.4) is 0 Å². The van der Waals surface area contributed by atoms with Crippen molar-refractivity contribution in [2.45, 2.75) is 13.3 Å². The van der Waals surface area contributed by atoms with Gasteiger partial charge in [0.05, 0.1) is 17.9 Å². The van der Waals surface area contributed by atoms with Gasteiger partial charge in [-0.2, -0.15) is 5.26 Å². The zero-order valence-electron chi connectivity index (χ0n) is 16.9. The van der Waals surface area contributed by atoms with Gasteiger partial charge in [-0.3, -0.25) is 4.79 Å². The maximum Gasteiger partial charge on any atom is 0.284 e. The molecule has 0 unspecified atom stereocenters. The van der Waals surface area contributed by atoms with Crippen LogP contribution in [-0.4, -0.2) is 37.2 Å². The molecule has 0 saturated carbocycles. The molecule has 0 spiro atoms. The van der Waals surface area contributed by atoms with E-state index >= 15 is 0 Å². The third kappa shape index (κ3) is 5.81. The molecule has 0 fully saturated rings. The molecule has 0 saturated heterocycles. The van der Waals surface area contributed by atoms with Crippen molar-refractivity contribution in [1.82, 2.24) is 9.71 Å². The number of rotatable bonds is 7. The van der Waals surface area contributed by atoms with Crippen molar-refractivity contribution in [3.8, 4) is 11.8 Å². The molecule has 31 heavy (non-hydrogen) atoms. The number of benzene rings is 2. The minimum Gasteiger partial charge on any atom is -0.508 e. The summed E-state index contributed by atoms with van der Waals surface area (Å²) in [6, 6.07) is 16.0. The largest absolute Gasteiger partial charge is 0.508 e. The predicted molar refractivity (Wildman–Crippen MR) is 119 cm³/mol. The summed E-state index contributed by atoms with van der Waals surface area (Å²) in [5.74, 6) is -0.609. The molecule has 0 aliphatic heterocycles. The molecule has 3 rings (SSSR count).